The monoisotopic (exact) mass is 642 g/mol. The van der Waals surface area contributed by atoms with Crippen LogP contribution < -0.4 is 16.4 Å². The minimum atomic E-state index is -4.42. The van der Waals surface area contributed by atoms with Crippen molar-refractivity contribution in [1.29, 1.82) is 0 Å². The minimum absolute atomic E-state index is 0.168. The number of rotatable bonds is 7. The lowest BCUT2D eigenvalue weighted by Gasteiger charge is -2.32. The van der Waals surface area contributed by atoms with Crippen molar-refractivity contribution in [2.24, 2.45) is 10.7 Å². The largest absolute Gasteiger partial charge is 0.417 e. The molecule has 3 aromatic rings. The third kappa shape index (κ3) is 13.7. The number of aliphatic imine (C=N–C) groups is 1. The van der Waals surface area contributed by atoms with Gasteiger partial charge in [0, 0.05) is 36.7 Å². The zero-order valence-corrected chi connectivity index (χ0v) is 29.4. The van der Waals surface area contributed by atoms with Crippen molar-refractivity contribution < 1.29 is 18.3 Å². The number of amidine groups is 1. The maximum absolute atomic E-state index is 13.6. The Bertz CT molecular complexity index is 1300. The number of aryl methyl sites for hydroxylation is 1. The topological polar surface area (TPSA) is 82.7 Å². The first-order chi connectivity index (χ1) is 22.1. The Morgan fingerprint density at radius 3 is 1.93 bits per heavy atom. The highest BCUT2D eigenvalue weighted by molar-refractivity contribution is 6.05. The van der Waals surface area contributed by atoms with Crippen LogP contribution >= 0.6 is 0 Å². The number of para-hydroxylation sites is 1. The molecular weight excluding hydrogens is 585 g/mol. The molecule has 1 heterocycles. The fourth-order valence-electron chi connectivity index (χ4n) is 4.56. The molecule has 256 valence electrons. The molecule has 0 spiro atoms. The summed E-state index contributed by atoms with van der Waals surface area (Å²) >= 11 is 0. The number of aliphatic hydroxyl groups is 1. The van der Waals surface area contributed by atoms with Crippen LogP contribution in [0.4, 0.5) is 18.9 Å². The molecule has 0 aliphatic carbocycles. The number of nitrogens with zero attached hydrogens (tertiary/aromatic N) is 1. The first kappa shape index (κ1) is 42.2. The quantitative estimate of drug-likeness (QED) is 0.193. The van der Waals surface area contributed by atoms with Gasteiger partial charge in [-0.15, -0.1) is 0 Å². The third-order valence-electron chi connectivity index (χ3n) is 7.07. The second-order valence-electron chi connectivity index (χ2n) is 10.3. The second kappa shape index (κ2) is 23.5. The fourth-order valence-corrected chi connectivity index (χ4v) is 4.56. The van der Waals surface area contributed by atoms with Crippen molar-refractivity contribution in [3.05, 3.63) is 106 Å². The molecule has 5 nitrogen and oxygen atoms in total. The smallest absolute Gasteiger partial charge is 0.400 e. The molecule has 0 radical (unpaired) electrons. The molecule has 4 rings (SSSR count). The lowest BCUT2D eigenvalue weighted by Crippen LogP contribution is -2.40. The van der Waals surface area contributed by atoms with Gasteiger partial charge in [0.15, 0.2) is 0 Å². The number of allylic oxidation sites excluding steroid dienone is 1. The number of hydrogen-bond acceptors (Lipinski definition) is 4. The number of alkyl halides is 3. The van der Waals surface area contributed by atoms with Gasteiger partial charge in [-0.25, -0.2) is 0 Å². The summed E-state index contributed by atoms with van der Waals surface area (Å²) in [6, 6.07) is 20.7. The molecule has 0 amide bonds. The summed E-state index contributed by atoms with van der Waals surface area (Å²) in [4.78, 5) is 4.18. The number of anilines is 1. The van der Waals surface area contributed by atoms with Gasteiger partial charge in [0.05, 0.1) is 5.56 Å². The molecular formula is C38H57F3N4O. The van der Waals surface area contributed by atoms with Gasteiger partial charge in [-0.2, -0.15) is 13.2 Å². The van der Waals surface area contributed by atoms with Gasteiger partial charge < -0.3 is 21.5 Å². The molecule has 0 saturated heterocycles. The highest BCUT2D eigenvalue weighted by Crippen LogP contribution is 2.39. The van der Waals surface area contributed by atoms with Crippen LogP contribution in [0.5, 0.6) is 0 Å². The zero-order chi connectivity index (χ0) is 35.1. The predicted octanol–water partition coefficient (Wildman–Crippen LogP) is 10.4. The van der Waals surface area contributed by atoms with E-state index in [9.17, 15) is 13.2 Å². The Hall–Kier alpha value is -3.78. The summed E-state index contributed by atoms with van der Waals surface area (Å²) in [6.07, 6.45) is 4.70. The van der Waals surface area contributed by atoms with Crippen LogP contribution in [0, 0.1) is 13.8 Å². The van der Waals surface area contributed by atoms with E-state index in [4.69, 9.17) is 10.8 Å². The standard InChI is InChI=1S/C18H18F3N3.C11H15N.C6H14.C2H6.CH4O/c1-10-8-9-13(15(11(10)2)18(19,20)21)17-23-14-7-5-4-6-12(14)16(22-3)24-17;1-2-3-9-11(12)10-7-5-4-6-8-10;1-3-5-6-4-2;2*1-2/h4-9,17,23H,1-3H3,(H,22,24);4-9H,2-3,12H2,1H3;3-6H2,1-2H3;1-2H3;2H,1H3/b;11-9-;;;. The van der Waals surface area contributed by atoms with Crippen LogP contribution in [0.1, 0.15) is 113 Å². The van der Waals surface area contributed by atoms with Crippen LogP contribution in [0.2, 0.25) is 0 Å². The van der Waals surface area contributed by atoms with Gasteiger partial charge in [-0.1, -0.05) is 127 Å². The molecule has 1 unspecified atom stereocenters. The maximum Gasteiger partial charge on any atom is 0.417 e. The third-order valence-corrected chi connectivity index (χ3v) is 7.07. The second-order valence-corrected chi connectivity index (χ2v) is 10.3. The van der Waals surface area contributed by atoms with E-state index in [1.807, 2.05) is 68.4 Å². The van der Waals surface area contributed by atoms with Gasteiger partial charge in [-0.3, -0.25) is 4.99 Å². The highest BCUT2D eigenvalue weighted by Gasteiger charge is 2.38. The number of unbranched alkanes of at least 4 members (excludes halogenated alkanes) is 4. The number of fused-ring (bicyclic) bond motifs is 1. The Morgan fingerprint density at radius 1 is 0.848 bits per heavy atom. The van der Waals surface area contributed by atoms with Crippen LogP contribution in [0.3, 0.4) is 0 Å². The molecule has 3 aromatic carbocycles. The van der Waals surface area contributed by atoms with Crippen molar-refractivity contribution >= 4 is 17.2 Å². The van der Waals surface area contributed by atoms with E-state index in [1.54, 1.807) is 20.0 Å². The van der Waals surface area contributed by atoms with Crippen LogP contribution in [0.25, 0.3) is 5.70 Å². The Morgan fingerprint density at radius 2 is 1.41 bits per heavy atom. The Kier molecular flexibility index (Phi) is 21.6. The lowest BCUT2D eigenvalue weighted by atomic mass is 9.94. The van der Waals surface area contributed by atoms with Gasteiger partial charge in [0.2, 0.25) is 0 Å². The van der Waals surface area contributed by atoms with E-state index >= 15 is 0 Å². The number of aliphatic hydroxyl groups excluding tert-OH is 1. The fraction of sp³-hybridized carbons (Fsp3) is 0.447. The first-order valence-corrected chi connectivity index (χ1v) is 16.3. The normalized spacial score (nSPS) is 14.2. The summed E-state index contributed by atoms with van der Waals surface area (Å²) < 4.78 is 40.9. The molecule has 0 aromatic heterocycles. The molecule has 5 N–H and O–H groups in total. The minimum Gasteiger partial charge on any atom is -0.400 e. The molecule has 46 heavy (non-hydrogen) atoms. The van der Waals surface area contributed by atoms with Crippen molar-refractivity contribution in [3.63, 3.8) is 0 Å². The van der Waals surface area contributed by atoms with E-state index in [0.717, 1.165) is 42.5 Å². The van der Waals surface area contributed by atoms with Gasteiger partial charge in [0.25, 0.3) is 0 Å². The SMILES string of the molecule is CC.CCC/C=C(\N)c1ccccc1.CCCCCC.CN=C1NC(c2ccc(C)c(C)c2C(F)(F)F)Nc2ccccc21.CO. The average Bonchev–Trinajstić information content (AvgIpc) is 3.09. The van der Waals surface area contributed by atoms with Crippen molar-refractivity contribution in [1.82, 2.24) is 5.32 Å². The van der Waals surface area contributed by atoms with E-state index < -0.39 is 17.9 Å². The number of hydrogen-bond donors (Lipinski definition) is 4. The summed E-state index contributed by atoms with van der Waals surface area (Å²) in [6.45, 7) is 13.8. The first-order valence-electron chi connectivity index (χ1n) is 16.3. The number of benzene rings is 3. The number of nitrogens with two attached hydrogens (primary N) is 1. The van der Waals surface area contributed by atoms with Crippen molar-refractivity contribution in [3.8, 4) is 0 Å². The van der Waals surface area contributed by atoms with E-state index in [1.165, 1.54) is 38.7 Å². The van der Waals surface area contributed by atoms with Gasteiger partial charge >= 0.3 is 6.18 Å². The van der Waals surface area contributed by atoms with E-state index in [0.29, 0.717) is 11.4 Å². The molecule has 1 aliphatic rings. The van der Waals surface area contributed by atoms with Crippen LogP contribution in [-0.4, -0.2) is 25.1 Å². The predicted molar refractivity (Wildman–Crippen MR) is 192 cm³/mol. The lowest BCUT2D eigenvalue weighted by molar-refractivity contribution is -0.138. The molecule has 0 bridgehead atoms. The maximum atomic E-state index is 13.6. The number of nitrogens with one attached hydrogen (secondary N) is 2. The molecule has 0 fully saturated rings. The summed E-state index contributed by atoms with van der Waals surface area (Å²) in [5.41, 5.74) is 9.88. The van der Waals surface area contributed by atoms with Crippen molar-refractivity contribution in [2.45, 2.75) is 99.3 Å². The summed E-state index contributed by atoms with van der Waals surface area (Å²) in [7, 11) is 2.62. The highest BCUT2D eigenvalue weighted by atomic mass is 19.4. The van der Waals surface area contributed by atoms with Crippen molar-refractivity contribution in [2.75, 3.05) is 19.5 Å². The molecule has 8 heteroatoms. The average molecular weight is 643 g/mol. The Labute approximate surface area is 276 Å². The van der Waals surface area contributed by atoms with Crippen LogP contribution in [0.15, 0.2) is 77.8 Å². The summed E-state index contributed by atoms with van der Waals surface area (Å²) in [5.74, 6) is 0.570. The van der Waals surface area contributed by atoms with E-state index in [-0.39, 0.29) is 11.1 Å². The number of halogens is 3. The zero-order valence-electron chi connectivity index (χ0n) is 29.4. The Balaban J connectivity index is 0.000000767. The molecule has 1 atom stereocenters. The van der Waals surface area contributed by atoms with E-state index in [2.05, 4.69) is 42.5 Å². The van der Waals surface area contributed by atoms with Gasteiger partial charge in [-0.05, 0) is 49.1 Å². The molecule has 1 aliphatic heterocycles. The molecule has 0 saturated carbocycles. The van der Waals surface area contributed by atoms with Gasteiger partial charge in [0.1, 0.15) is 12.0 Å². The van der Waals surface area contributed by atoms with Crippen LogP contribution in [-0.2, 0) is 6.18 Å². The summed E-state index contributed by atoms with van der Waals surface area (Å²) in [5, 5.41) is 13.2.